The molecule has 0 aromatic heterocycles. The first-order chi connectivity index (χ1) is 13.1. The molecule has 0 atom stereocenters. The number of rotatable bonds is 3. The van der Waals surface area contributed by atoms with Gasteiger partial charge in [-0.25, -0.2) is 4.79 Å². The van der Waals surface area contributed by atoms with Gasteiger partial charge in [0.2, 0.25) is 6.79 Å². The molecule has 1 fully saturated rings. The van der Waals surface area contributed by atoms with E-state index in [1.807, 2.05) is 30.3 Å². The SMILES string of the molecule is COc1ccccc1NC(=O)N1CCC(O)(c2ccc3c(c2)OCO3)CC1. The van der Waals surface area contributed by atoms with Gasteiger partial charge in [0.05, 0.1) is 18.4 Å². The Bertz CT molecular complexity index is 846. The van der Waals surface area contributed by atoms with Gasteiger partial charge in [-0.15, -0.1) is 0 Å². The van der Waals surface area contributed by atoms with E-state index in [4.69, 9.17) is 14.2 Å². The Kier molecular flexibility index (Phi) is 4.53. The monoisotopic (exact) mass is 370 g/mol. The van der Waals surface area contributed by atoms with Crippen LogP contribution < -0.4 is 19.5 Å². The van der Waals surface area contributed by atoms with Gasteiger partial charge in [-0.3, -0.25) is 0 Å². The van der Waals surface area contributed by atoms with E-state index in [-0.39, 0.29) is 12.8 Å². The Morgan fingerprint density at radius 1 is 1.15 bits per heavy atom. The second-order valence-electron chi connectivity index (χ2n) is 6.72. The molecule has 27 heavy (non-hydrogen) atoms. The maximum atomic E-state index is 12.6. The summed E-state index contributed by atoms with van der Waals surface area (Å²) in [4.78, 5) is 14.3. The molecule has 1 saturated heterocycles. The molecule has 2 N–H and O–H groups in total. The molecule has 7 heteroatoms. The first-order valence-corrected chi connectivity index (χ1v) is 8.90. The summed E-state index contributed by atoms with van der Waals surface area (Å²) in [5, 5.41) is 13.9. The van der Waals surface area contributed by atoms with Gasteiger partial charge < -0.3 is 29.5 Å². The molecule has 2 amide bonds. The van der Waals surface area contributed by atoms with Crippen LogP contribution in [0.3, 0.4) is 0 Å². The van der Waals surface area contributed by atoms with E-state index in [9.17, 15) is 9.90 Å². The third-order valence-corrected chi connectivity index (χ3v) is 5.14. The Labute approximate surface area is 157 Å². The van der Waals surface area contributed by atoms with E-state index in [1.165, 1.54) is 0 Å². The number of likely N-dealkylation sites (tertiary alicyclic amines) is 1. The smallest absolute Gasteiger partial charge is 0.321 e. The number of hydrogen-bond donors (Lipinski definition) is 2. The van der Waals surface area contributed by atoms with Gasteiger partial charge in [0, 0.05) is 13.1 Å². The fourth-order valence-corrected chi connectivity index (χ4v) is 3.50. The molecular weight excluding hydrogens is 348 g/mol. The zero-order valence-electron chi connectivity index (χ0n) is 15.1. The summed E-state index contributed by atoms with van der Waals surface area (Å²) >= 11 is 0. The number of carbonyl (C=O) groups excluding carboxylic acids is 1. The minimum absolute atomic E-state index is 0.202. The van der Waals surface area contributed by atoms with Crippen LogP contribution in [0.4, 0.5) is 10.5 Å². The molecule has 142 valence electrons. The summed E-state index contributed by atoms with van der Waals surface area (Å²) in [6.45, 7) is 1.10. The molecule has 2 aromatic rings. The van der Waals surface area contributed by atoms with Gasteiger partial charge in [0.15, 0.2) is 11.5 Å². The highest BCUT2D eigenvalue weighted by Crippen LogP contribution is 2.39. The number of fused-ring (bicyclic) bond motifs is 1. The van der Waals surface area contributed by atoms with Crippen LogP contribution in [0, 0.1) is 0 Å². The van der Waals surface area contributed by atoms with Crippen molar-refractivity contribution in [3.8, 4) is 17.2 Å². The lowest BCUT2D eigenvalue weighted by molar-refractivity contribution is -0.0158. The number of ether oxygens (including phenoxy) is 3. The second-order valence-corrected chi connectivity index (χ2v) is 6.72. The predicted octanol–water partition coefficient (Wildman–Crippen LogP) is 2.94. The molecule has 2 aliphatic heterocycles. The third kappa shape index (κ3) is 3.38. The maximum absolute atomic E-state index is 12.6. The van der Waals surface area contributed by atoms with Gasteiger partial charge in [0.25, 0.3) is 0 Å². The minimum atomic E-state index is -0.984. The number of nitrogens with one attached hydrogen (secondary N) is 1. The maximum Gasteiger partial charge on any atom is 0.321 e. The Balaban J connectivity index is 1.41. The van der Waals surface area contributed by atoms with Crippen molar-refractivity contribution < 1.29 is 24.1 Å². The Morgan fingerprint density at radius 2 is 1.89 bits per heavy atom. The first-order valence-electron chi connectivity index (χ1n) is 8.90. The fourth-order valence-electron chi connectivity index (χ4n) is 3.50. The highest BCUT2D eigenvalue weighted by molar-refractivity contribution is 5.91. The molecule has 2 aliphatic rings. The van der Waals surface area contributed by atoms with E-state index in [2.05, 4.69) is 5.32 Å². The van der Waals surface area contributed by atoms with Gasteiger partial charge in [-0.05, 0) is 42.7 Å². The van der Waals surface area contributed by atoms with Crippen molar-refractivity contribution in [2.75, 3.05) is 32.3 Å². The molecular formula is C20H22N2O5. The van der Waals surface area contributed by atoms with Crippen LogP contribution in [-0.4, -0.2) is 43.0 Å². The summed E-state index contributed by atoms with van der Waals surface area (Å²) in [6, 6.07) is 12.6. The Morgan fingerprint density at radius 3 is 2.67 bits per heavy atom. The van der Waals surface area contributed by atoms with E-state index >= 15 is 0 Å². The standard InChI is InChI=1S/C20H22N2O5/c1-25-16-5-3-2-4-15(16)21-19(23)22-10-8-20(24,9-11-22)14-6-7-17-18(12-14)27-13-26-17/h2-7,12,24H,8-11,13H2,1H3,(H,21,23). The predicted molar refractivity (Wildman–Crippen MR) is 99.3 cm³/mol. The third-order valence-electron chi connectivity index (χ3n) is 5.14. The quantitative estimate of drug-likeness (QED) is 0.868. The largest absolute Gasteiger partial charge is 0.495 e. The summed E-state index contributed by atoms with van der Waals surface area (Å²) in [5.74, 6) is 1.95. The molecule has 2 aromatic carbocycles. The van der Waals surface area contributed by atoms with Gasteiger partial charge in [-0.1, -0.05) is 18.2 Å². The van der Waals surface area contributed by atoms with Crippen molar-refractivity contribution in [1.82, 2.24) is 4.90 Å². The summed E-state index contributed by atoms with van der Waals surface area (Å²) in [7, 11) is 1.57. The lowest BCUT2D eigenvalue weighted by atomic mass is 9.84. The number of nitrogens with zero attached hydrogens (tertiary/aromatic N) is 1. The number of para-hydroxylation sites is 2. The lowest BCUT2D eigenvalue weighted by Gasteiger charge is -2.38. The van der Waals surface area contributed by atoms with E-state index in [1.54, 1.807) is 24.1 Å². The first kappa shape index (κ1) is 17.5. The average Bonchev–Trinajstić information content (AvgIpc) is 3.17. The number of piperidine rings is 1. The number of carbonyl (C=O) groups is 1. The van der Waals surface area contributed by atoms with Crippen LogP contribution in [0.25, 0.3) is 0 Å². The topological polar surface area (TPSA) is 80.3 Å². The normalized spacial score (nSPS) is 17.5. The van der Waals surface area contributed by atoms with Crippen LogP contribution in [0.2, 0.25) is 0 Å². The molecule has 0 spiro atoms. The average molecular weight is 370 g/mol. The molecule has 2 heterocycles. The fraction of sp³-hybridized carbons (Fsp3) is 0.350. The second kappa shape index (κ2) is 7.00. The van der Waals surface area contributed by atoms with Crippen molar-refractivity contribution >= 4 is 11.7 Å². The van der Waals surface area contributed by atoms with Crippen molar-refractivity contribution in [2.24, 2.45) is 0 Å². The van der Waals surface area contributed by atoms with E-state index in [0.29, 0.717) is 48.9 Å². The van der Waals surface area contributed by atoms with Gasteiger partial charge in [-0.2, -0.15) is 0 Å². The van der Waals surface area contributed by atoms with Crippen LogP contribution in [0.15, 0.2) is 42.5 Å². The van der Waals surface area contributed by atoms with E-state index in [0.717, 1.165) is 5.56 Å². The number of aliphatic hydroxyl groups is 1. The van der Waals surface area contributed by atoms with Crippen LogP contribution in [-0.2, 0) is 5.60 Å². The molecule has 0 aliphatic carbocycles. The lowest BCUT2D eigenvalue weighted by Crippen LogP contribution is -2.46. The zero-order chi connectivity index (χ0) is 18.9. The molecule has 0 radical (unpaired) electrons. The van der Waals surface area contributed by atoms with Crippen molar-refractivity contribution in [3.63, 3.8) is 0 Å². The molecule has 4 rings (SSSR count). The summed E-state index contributed by atoms with van der Waals surface area (Å²) < 4.78 is 16.0. The van der Waals surface area contributed by atoms with Crippen LogP contribution in [0.1, 0.15) is 18.4 Å². The van der Waals surface area contributed by atoms with Crippen molar-refractivity contribution in [3.05, 3.63) is 48.0 Å². The number of benzene rings is 2. The Hall–Kier alpha value is -2.93. The summed E-state index contributed by atoms with van der Waals surface area (Å²) in [6.07, 6.45) is 0.901. The number of amides is 2. The molecule has 0 unspecified atom stereocenters. The number of hydrogen-bond acceptors (Lipinski definition) is 5. The van der Waals surface area contributed by atoms with Gasteiger partial charge >= 0.3 is 6.03 Å². The number of methoxy groups -OCH3 is 1. The van der Waals surface area contributed by atoms with Crippen molar-refractivity contribution in [2.45, 2.75) is 18.4 Å². The van der Waals surface area contributed by atoms with Crippen LogP contribution in [0.5, 0.6) is 17.2 Å². The highest BCUT2D eigenvalue weighted by atomic mass is 16.7. The zero-order valence-corrected chi connectivity index (χ0v) is 15.1. The molecule has 0 saturated carbocycles. The molecule has 0 bridgehead atoms. The highest BCUT2D eigenvalue weighted by Gasteiger charge is 2.36. The summed E-state index contributed by atoms with van der Waals surface area (Å²) in [5.41, 5.74) is 0.431. The van der Waals surface area contributed by atoms with Gasteiger partial charge in [0.1, 0.15) is 5.75 Å². The van der Waals surface area contributed by atoms with E-state index < -0.39 is 5.60 Å². The van der Waals surface area contributed by atoms with Crippen molar-refractivity contribution in [1.29, 1.82) is 0 Å². The molecule has 7 nitrogen and oxygen atoms in total. The number of anilines is 1. The van der Waals surface area contributed by atoms with Crippen LogP contribution >= 0.6 is 0 Å². The minimum Gasteiger partial charge on any atom is -0.495 e. The number of urea groups is 1.